The number of nitrogens with zero attached hydrogens (tertiary/aromatic N) is 4. The lowest BCUT2D eigenvalue weighted by Crippen LogP contribution is -2.24. The molecular formula is C22H23ClN4O2S. The smallest absolute Gasteiger partial charge is 0.311 e. The van der Waals surface area contributed by atoms with Crippen molar-refractivity contribution < 1.29 is 9.53 Å². The highest BCUT2D eigenvalue weighted by molar-refractivity contribution is 7.15. The number of methoxy groups -OCH3 is 1. The number of thiophene rings is 1. The quantitative estimate of drug-likeness (QED) is 0.533. The van der Waals surface area contributed by atoms with Crippen LogP contribution in [-0.4, -0.2) is 33.6 Å². The molecule has 1 aliphatic rings. The molecule has 1 aromatic carbocycles. The average Bonchev–Trinajstić information content (AvgIpc) is 3.20. The molecule has 0 aliphatic carbocycles. The standard InChI is InChI=1S/C22H23ClN4O2S/c1-6-16(22(28)29-5)19-20-26-25-13(4)27(20)21-17(11(2)12(3)30-21)18(24-19)14-7-9-15(23)10-8-14/h7-10,16,19H,6H2,1-5H3/t16-,19-/m0/s1. The molecule has 3 aromatic rings. The minimum atomic E-state index is -0.506. The maximum Gasteiger partial charge on any atom is 0.311 e. The second-order valence-corrected chi connectivity index (χ2v) is 9.01. The van der Waals surface area contributed by atoms with Crippen LogP contribution in [0.2, 0.25) is 5.02 Å². The van der Waals surface area contributed by atoms with E-state index >= 15 is 0 Å². The van der Waals surface area contributed by atoms with Crippen LogP contribution < -0.4 is 0 Å². The van der Waals surface area contributed by atoms with Gasteiger partial charge in [0.2, 0.25) is 0 Å². The fraction of sp³-hybridized carbons (Fsp3) is 0.364. The molecule has 3 heterocycles. The first-order valence-corrected chi connectivity index (χ1v) is 11.0. The number of hydrogen-bond acceptors (Lipinski definition) is 6. The molecular weight excluding hydrogens is 420 g/mol. The summed E-state index contributed by atoms with van der Waals surface area (Å²) in [6.07, 6.45) is 0.576. The molecule has 0 unspecified atom stereocenters. The number of aliphatic imine (C=N–C) groups is 1. The second-order valence-electron chi connectivity index (χ2n) is 7.37. The van der Waals surface area contributed by atoms with Gasteiger partial charge in [0.15, 0.2) is 5.82 Å². The van der Waals surface area contributed by atoms with Crippen molar-refractivity contribution in [2.45, 2.75) is 40.2 Å². The highest BCUT2D eigenvalue weighted by Crippen LogP contribution is 2.41. The van der Waals surface area contributed by atoms with E-state index in [2.05, 4.69) is 24.0 Å². The summed E-state index contributed by atoms with van der Waals surface area (Å²) in [7, 11) is 1.41. The fourth-order valence-corrected chi connectivity index (χ4v) is 5.23. The van der Waals surface area contributed by atoms with Crippen molar-refractivity contribution in [3.05, 3.63) is 62.5 Å². The van der Waals surface area contributed by atoms with Crippen LogP contribution in [0.1, 0.15) is 52.6 Å². The number of carbonyl (C=O) groups is 1. The van der Waals surface area contributed by atoms with E-state index in [1.165, 1.54) is 12.0 Å². The molecule has 0 amide bonds. The number of aromatic nitrogens is 3. The van der Waals surface area contributed by atoms with E-state index in [-0.39, 0.29) is 5.97 Å². The zero-order valence-corrected chi connectivity index (χ0v) is 19.1. The average molecular weight is 443 g/mol. The summed E-state index contributed by atoms with van der Waals surface area (Å²) in [6, 6.07) is 7.14. The molecule has 6 nitrogen and oxygen atoms in total. The lowest BCUT2D eigenvalue weighted by Gasteiger charge is -2.20. The van der Waals surface area contributed by atoms with Gasteiger partial charge in [-0.2, -0.15) is 0 Å². The zero-order chi connectivity index (χ0) is 21.6. The van der Waals surface area contributed by atoms with Crippen molar-refractivity contribution in [3.63, 3.8) is 0 Å². The number of hydrogen-bond donors (Lipinski definition) is 0. The minimum Gasteiger partial charge on any atom is -0.469 e. The molecule has 4 rings (SSSR count). The zero-order valence-electron chi connectivity index (χ0n) is 17.6. The van der Waals surface area contributed by atoms with Crippen molar-refractivity contribution in [1.82, 2.24) is 14.8 Å². The molecule has 0 saturated carbocycles. The Morgan fingerprint density at radius 2 is 1.93 bits per heavy atom. The summed E-state index contributed by atoms with van der Waals surface area (Å²) in [5.74, 6) is 0.670. The third-order valence-corrected chi connectivity index (χ3v) is 7.08. The van der Waals surface area contributed by atoms with Gasteiger partial charge in [-0.05, 0) is 44.9 Å². The number of carbonyl (C=O) groups excluding carboxylic acids is 1. The number of fused-ring (bicyclic) bond motifs is 3. The van der Waals surface area contributed by atoms with Gasteiger partial charge >= 0.3 is 5.97 Å². The minimum absolute atomic E-state index is 0.299. The van der Waals surface area contributed by atoms with E-state index in [0.29, 0.717) is 17.3 Å². The predicted octanol–water partition coefficient (Wildman–Crippen LogP) is 5.00. The molecule has 8 heteroatoms. The van der Waals surface area contributed by atoms with E-state index in [9.17, 15) is 4.79 Å². The van der Waals surface area contributed by atoms with Crippen LogP contribution in [0.3, 0.4) is 0 Å². The van der Waals surface area contributed by atoms with Gasteiger partial charge < -0.3 is 4.74 Å². The van der Waals surface area contributed by atoms with Gasteiger partial charge in [-0.15, -0.1) is 21.5 Å². The van der Waals surface area contributed by atoms with Gasteiger partial charge in [0.1, 0.15) is 16.9 Å². The van der Waals surface area contributed by atoms with Crippen molar-refractivity contribution >= 4 is 34.6 Å². The molecule has 30 heavy (non-hydrogen) atoms. The van der Waals surface area contributed by atoms with Gasteiger partial charge in [0.05, 0.1) is 18.7 Å². The highest BCUT2D eigenvalue weighted by Gasteiger charge is 2.38. The third-order valence-electron chi connectivity index (χ3n) is 5.63. The van der Waals surface area contributed by atoms with Crippen molar-refractivity contribution in [2.75, 3.05) is 7.11 Å². The van der Waals surface area contributed by atoms with E-state index in [0.717, 1.165) is 33.2 Å². The van der Waals surface area contributed by atoms with E-state index in [1.54, 1.807) is 11.3 Å². The molecule has 0 spiro atoms. The number of aryl methyl sites for hydroxylation is 2. The summed E-state index contributed by atoms with van der Waals surface area (Å²) in [5.41, 5.74) is 3.99. The highest BCUT2D eigenvalue weighted by atomic mass is 35.5. The fourth-order valence-electron chi connectivity index (χ4n) is 3.89. The third kappa shape index (κ3) is 3.26. The van der Waals surface area contributed by atoms with Gasteiger partial charge in [-0.1, -0.05) is 30.7 Å². The Morgan fingerprint density at radius 3 is 2.57 bits per heavy atom. The molecule has 1 aliphatic heterocycles. The number of rotatable bonds is 4. The van der Waals surface area contributed by atoms with E-state index < -0.39 is 12.0 Å². The topological polar surface area (TPSA) is 69.4 Å². The number of ether oxygens (including phenoxy) is 1. The molecule has 0 radical (unpaired) electrons. The molecule has 156 valence electrons. The van der Waals surface area contributed by atoms with Gasteiger partial charge in [0, 0.05) is 21.0 Å². The molecule has 0 bridgehead atoms. The van der Waals surface area contributed by atoms with Gasteiger partial charge in [-0.3, -0.25) is 14.4 Å². The Hall–Kier alpha value is -2.51. The first-order valence-electron chi connectivity index (χ1n) is 9.81. The van der Waals surface area contributed by atoms with Crippen LogP contribution in [0.4, 0.5) is 0 Å². The summed E-state index contributed by atoms with van der Waals surface area (Å²) >= 11 is 7.82. The first kappa shape index (κ1) is 20.8. The van der Waals surface area contributed by atoms with Crippen molar-refractivity contribution in [2.24, 2.45) is 10.9 Å². The van der Waals surface area contributed by atoms with Crippen LogP contribution in [0.15, 0.2) is 29.3 Å². The van der Waals surface area contributed by atoms with Gasteiger partial charge in [0.25, 0.3) is 0 Å². The Kier molecular flexibility index (Phi) is 5.51. The molecule has 0 fully saturated rings. The summed E-state index contributed by atoms with van der Waals surface area (Å²) in [5, 5.41) is 10.5. The summed E-state index contributed by atoms with van der Waals surface area (Å²) < 4.78 is 7.14. The normalized spacial score (nSPS) is 16.3. The van der Waals surface area contributed by atoms with Crippen molar-refractivity contribution in [3.8, 4) is 5.00 Å². The lowest BCUT2D eigenvalue weighted by atomic mass is 9.95. The Bertz CT molecular complexity index is 1150. The maximum atomic E-state index is 12.6. The molecule has 2 atom stereocenters. The Labute approximate surface area is 184 Å². The van der Waals surface area contributed by atoms with Crippen LogP contribution in [0, 0.1) is 26.7 Å². The Morgan fingerprint density at radius 1 is 1.23 bits per heavy atom. The summed E-state index contributed by atoms with van der Waals surface area (Å²) in [4.78, 5) is 19.0. The largest absolute Gasteiger partial charge is 0.469 e. The van der Waals surface area contributed by atoms with Crippen LogP contribution in [0.25, 0.3) is 5.00 Å². The van der Waals surface area contributed by atoms with E-state index in [4.69, 9.17) is 21.3 Å². The molecule has 0 saturated heterocycles. The number of esters is 1. The van der Waals surface area contributed by atoms with Crippen LogP contribution in [0.5, 0.6) is 0 Å². The number of halogens is 1. The van der Waals surface area contributed by atoms with Crippen LogP contribution in [-0.2, 0) is 9.53 Å². The predicted molar refractivity (Wildman–Crippen MR) is 119 cm³/mol. The monoisotopic (exact) mass is 442 g/mol. The van der Waals surface area contributed by atoms with Crippen LogP contribution >= 0.6 is 22.9 Å². The lowest BCUT2D eigenvalue weighted by molar-refractivity contribution is -0.146. The van der Waals surface area contributed by atoms with Gasteiger partial charge in [-0.25, -0.2) is 0 Å². The van der Waals surface area contributed by atoms with E-state index in [1.807, 2.05) is 42.7 Å². The molecule has 0 N–H and O–H groups in total. The number of benzene rings is 1. The summed E-state index contributed by atoms with van der Waals surface area (Å²) in [6.45, 7) is 8.10. The second kappa shape index (κ2) is 7.96. The maximum absolute atomic E-state index is 12.6. The first-order chi connectivity index (χ1) is 14.4. The van der Waals surface area contributed by atoms with Crippen molar-refractivity contribution in [1.29, 1.82) is 0 Å². The molecule has 2 aromatic heterocycles. The SMILES string of the molecule is CC[C@H](C(=O)OC)[C@@H]1N=C(c2ccc(Cl)cc2)c2c(sc(C)c2C)-n2c(C)nnc21. The Balaban J connectivity index is 2.05.